The van der Waals surface area contributed by atoms with Gasteiger partial charge >= 0.3 is 6.09 Å². The molecule has 0 atom stereocenters. The number of hydrogen-bond donors (Lipinski definition) is 0. The third-order valence-corrected chi connectivity index (χ3v) is 8.44. The first-order valence-electron chi connectivity index (χ1n) is 17.4. The monoisotopic (exact) mass is 629 g/mol. The average Bonchev–Trinajstić information content (AvgIpc) is 3.05. The molecule has 0 N–H and O–H groups in total. The lowest BCUT2D eigenvalue weighted by molar-refractivity contribution is -0.679. The molecule has 46 heavy (non-hydrogen) atoms. The Kier molecular flexibility index (Phi) is 15.8. The van der Waals surface area contributed by atoms with Crippen molar-refractivity contribution in [2.45, 2.75) is 123 Å². The highest BCUT2D eigenvalue weighted by molar-refractivity contribution is 6.02. The van der Waals surface area contributed by atoms with E-state index in [-0.39, 0.29) is 18.6 Å². The smallest absolute Gasteiger partial charge is 0.417 e. The molecule has 6 heteroatoms. The minimum Gasteiger partial charge on any atom is -0.493 e. The second-order valence-electron chi connectivity index (χ2n) is 13.4. The maximum atomic E-state index is 13.4. The molecule has 2 aromatic carbocycles. The maximum absolute atomic E-state index is 13.4. The van der Waals surface area contributed by atoms with Crippen LogP contribution in [0, 0.1) is 0 Å². The third kappa shape index (κ3) is 12.6. The van der Waals surface area contributed by atoms with Crippen molar-refractivity contribution in [2.24, 2.45) is 7.05 Å². The molecule has 0 spiro atoms. The van der Waals surface area contributed by atoms with E-state index in [1.165, 1.54) is 75.5 Å². The minimum absolute atomic E-state index is 0.0560. The Morgan fingerprint density at radius 1 is 0.761 bits per heavy atom. The molecule has 250 valence electrons. The number of unbranched alkanes of at least 4 members (excludes halogenated alkanes) is 11. The summed E-state index contributed by atoms with van der Waals surface area (Å²) in [6.45, 7) is 9.61. The second kappa shape index (κ2) is 19.8. The Hall–Kier alpha value is -3.67. The first kappa shape index (κ1) is 36.8. The molecule has 0 aliphatic rings. The molecule has 0 aliphatic carbocycles. The van der Waals surface area contributed by atoms with E-state index < -0.39 is 12.0 Å². The van der Waals surface area contributed by atoms with Crippen molar-refractivity contribution < 1.29 is 23.6 Å². The number of amides is 2. The van der Waals surface area contributed by atoms with E-state index in [1.807, 2.05) is 54.2 Å². The van der Waals surface area contributed by atoms with E-state index in [0.29, 0.717) is 12.2 Å². The molecular weight excluding hydrogens is 572 g/mol. The van der Waals surface area contributed by atoms with Crippen LogP contribution in [0.25, 0.3) is 0 Å². The SMILES string of the molecule is CCCCCCCCCCCCCCOc1ccc(COC(=O)N(Cc2cccc[n+]2C)C(=O)c2ccccc2)cc1C(C)(C)C. The number of pyridine rings is 1. The van der Waals surface area contributed by atoms with Gasteiger partial charge in [0, 0.05) is 17.7 Å². The number of nitrogens with zero attached hydrogens (tertiary/aromatic N) is 2. The summed E-state index contributed by atoms with van der Waals surface area (Å²) in [7, 11) is 1.89. The van der Waals surface area contributed by atoms with Gasteiger partial charge in [0.05, 0.1) is 6.61 Å². The summed E-state index contributed by atoms with van der Waals surface area (Å²) < 4.78 is 13.9. The summed E-state index contributed by atoms with van der Waals surface area (Å²) >= 11 is 0. The standard InChI is InChI=1S/C40H57N2O4/c1-6-7-8-9-10-11-12-13-14-15-16-22-29-45-37-27-26-33(30-36(37)40(2,3)4)32-46-39(44)42(31-35-25-20-21-28-41(35)5)38(43)34-23-18-17-19-24-34/h17-21,23-28,30H,6-16,22,29,31-32H2,1-5H3/q+1. The zero-order valence-electron chi connectivity index (χ0n) is 29.1. The van der Waals surface area contributed by atoms with Crippen LogP contribution < -0.4 is 9.30 Å². The number of ether oxygens (including phenoxy) is 2. The number of benzene rings is 2. The molecule has 0 unspecified atom stereocenters. The van der Waals surface area contributed by atoms with Crippen LogP contribution in [0.15, 0.2) is 72.9 Å². The predicted octanol–water partition coefficient (Wildman–Crippen LogP) is 9.87. The van der Waals surface area contributed by atoms with Gasteiger partial charge in [-0.25, -0.2) is 14.3 Å². The number of rotatable bonds is 19. The molecule has 6 nitrogen and oxygen atoms in total. The highest BCUT2D eigenvalue weighted by atomic mass is 16.6. The van der Waals surface area contributed by atoms with Gasteiger partial charge in [-0.1, -0.05) is 129 Å². The van der Waals surface area contributed by atoms with Crippen LogP contribution >= 0.6 is 0 Å². The molecule has 1 aromatic heterocycles. The minimum atomic E-state index is -0.678. The molecule has 0 radical (unpaired) electrons. The number of carbonyl (C=O) groups is 2. The lowest BCUT2D eigenvalue weighted by atomic mass is 9.85. The highest BCUT2D eigenvalue weighted by Gasteiger charge is 2.28. The molecule has 3 aromatic rings. The average molecular weight is 630 g/mol. The Morgan fingerprint density at radius 2 is 1.37 bits per heavy atom. The van der Waals surface area contributed by atoms with Crippen molar-refractivity contribution in [3.63, 3.8) is 0 Å². The van der Waals surface area contributed by atoms with Crippen LogP contribution in [0.1, 0.15) is 132 Å². The Bertz CT molecular complexity index is 1330. The summed E-state index contributed by atoms with van der Waals surface area (Å²) in [5.74, 6) is 0.481. The fourth-order valence-electron chi connectivity index (χ4n) is 5.57. The molecule has 2 amide bonds. The Balaban J connectivity index is 1.52. The van der Waals surface area contributed by atoms with Gasteiger partial charge in [-0.05, 0) is 47.2 Å². The van der Waals surface area contributed by atoms with Crippen molar-refractivity contribution in [3.8, 4) is 5.75 Å². The fourth-order valence-corrected chi connectivity index (χ4v) is 5.57. The van der Waals surface area contributed by atoms with Gasteiger partial charge in [0.15, 0.2) is 6.20 Å². The molecule has 3 rings (SSSR count). The molecule has 0 saturated heterocycles. The summed E-state index contributed by atoms with van der Waals surface area (Å²) in [5.41, 5.74) is 3.03. The van der Waals surface area contributed by atoms with Gasteiger partial charge < -0.3 is 9.47 Å². The van der Waals surface area contributed by atoms with Crippen molar-refractivity contribution in [1.29, 1.82) is 0 Å². The normalized spacial score (nSPS) is 11.3. The summed E-state index contributed by atoms with van der Waals surface area (Å²) in [6.07, 6.45) is 17.0. The Morgan fingerprint density at radius 3 is 1.98 bits per heavy atom. The van der Waals surface area contributed by atoms with Crippen LogP contribution in [0.2, 0.25) is 0 Å². The van der Waals surface area contributed by atoms with Crippen LogP contribution in [0.3, 0.4) is 0 Å². The lowest BCUT2D eigenvalue weighted by Gasteiger charge is -2.24. The van der Waals surface area contributed by atoms with Crippen LogP contribution in [-0.4, -0.2) is 23.5 Å². The maximum Gasteiger partial charge on any atom is 0.417 e. The fraction of sp³-hybridized carbons (Fsp3) is 0.525. The number of imide groups is 1. The number of aryl methyl sites for hydroxylation is 1. The van der Waals surface area contributed by atoms with Gasteiger partial charge in [0.25, 0.3) is 5.91 Å². The molecule has 0 fully saturated rings. The van der Waals surface area contributed by atoms with Crippen LogP contribution in [-0.2, 0) is 30.4 Å². The summed E-state index contributed by atoms with van der Waals surface area (Å²) in [4.78, 5) is 28.0. The van der Waals surface area contributed by atoms with E-state index >= 15 is 0 Å². The van der Waals surface area contributed by atoms with Crippen LogP contribution in [0.5, 0.6) is 5.75 Å². The number of hydrogen-bond acceptors (Lipinski definition) is 4. The van der Waals surface area contributed by atoms with Crippen LogP contribution in [0.4, 0.5) is 4.79 Å². The first-order chi connectivity index (χ1) is 22.2. The quantitative estimate of drug-likeness (QED) is 0.0978. The van der Waals surface area contributed by atoms with Crippen molar-refractivity contribution in [2.75, 3.05) is 6.61 Å². The third-order valence-electron chi connectivity index (χ3n) is 8.44. The summed E-state index contributed by atoms with van der Waals surface area (Å²) in [6, 6.07) is 20.5. The van der Waals surface area contributed by atoms with E-state index in [0.717, 1.165) is 29.0 Å². The van der Waals surface area contributed by atoms with E-state index in [2.05, 4.69) is 33.8 Å². The predicted molar refractivity (Wildman–Crippen MR) is 186 cm³/mol. The van der Waals surface area contributed by atoms with E-state index in [1.54, 1.807) is 24.3 Å². The van der Waals surface area contributed by atoms with E-state index in [4.69, 9.17) is 9.47 Å². The first-order valence-corrected chi connectivity index (χ1v) is 17.4. The van der Waals surface area contributed by atoms with E-state index in [9.17, 15) is 9.59 Å². The Labute approximate surface area is 278 Å². The van der Waals surface area contributed by atoms with Crippen molar-refractivity contribution in [1.82, 2.24) is 4.90 Å². The molecule has 1 heterocycles. The summed E-state index contributed by atoms with van der Waals surface area (Å²) in [5, 5.41) is 0. The number of carbonyl (C=O) groups excluding carboxylic acids is 2. The van der Waals surface area contributed by atoms with Crippen molar-refractivity contribution >= 4 is 12.0 Å². The second-order valence-corrected chi connectivity index (χ2v) is 13.4. The molecule has 0 bridgehead atoms. The van der Waals surface area contributed by atoms with Gasteiger partial charge in [-0.15, -0.1) is 0 Å². The topological polar surface area (TPSA) is 59.7 Å². The lowest BCUT2D eigenvalue weighted by Crippen LogP contribution is -2.42. The molecule has 0 saturated carbocycles. The zero-order valence-corrected chi connectivity index (χ0v) is 29.1. The van der Waals surface area contributed by atoms with Gasteiger partial charge in [0.1, 0.15) is 25.9 Å². The largest absolute Gasteiger partial charge is 0.493 e. The number of aromatic nitrogens is 1. The van der Waals surface area contributed by atoms with Gasteiger partial charge in [0.2, 0.25) is 5.69 Å². The molecule has 0 aliphatic heterocycles. The van der Waals surface area contributed by atoms with Gasteiger partial charge in [-0.2, -0.15) is 0 Å². The highest BCUT2D eigenvalue weighted by Crippen LogP contribution is 2.33. The van der Waals surface area contributed by atoms with Crippen molar-refractivity contribution in [3.05, 3.63) is 95.3 Å². The van der Waals surface area contributed by atoms with Gasteiger partial charge in [-0.3, -0.25) is 4.79 Å². The molecular formula is C40H57N2O4+. The zero-order chi connectivity index (χ0) is 33.2.